The molecule has 0 aliphatic heterocycles. The zero-order chi connectivity index (χ0) is 41.2. The Kier molecular flexibility index (Phi) is 9.57. The molecule has 11 aromatic rings. The first-order valence-corrected chi connectivity index (χ1v) is 21.3. The van der Waals surface area contributed by atoms with Gasteiger partial charge in [0, 0.05) is 33.4 Å². The molecule has 0 spiro atoms. The minimum atomic E-state index is 1.08. The van der Waals surface area contributed by atoms with Gasteiger partial charge in [-0.05, 0) is 111 Å². The number of para-hydroxylation sites is 3. The van der Waals surface area contributed by atoms with Crippen molar-refractivity contribution in [3.05, 3.63) is 255 Å². The lowest BCUT2D eigenvalue weighted by Gasteiger charge is -2.29. The molecule has 0 aliphatic rings. The van der Waals surface area contributed by atoms with Crippen LogP contribution in [0.2, 0.25) is 0 Å². The van der Waals surface area contributed by atoms with Gasteiger partial charge in [0.05, 0.1) is 16.7 Å². The summed E-state index contributed by atoms with van der Waals surface area (Å²) >= 11 is 0. The van der Waals surface area contributed by atoms with E-state index in [0.717, 1.165) is 28.3 Å². The number of rotatable bonds is 9. The molecule has 0 saturated carbocycles. The highest BCUT2D eigenvalue weighted by Crippen LogP contribution is 2.46. The van der Waals surface area contributed by atoms with Gasteiger partial charge in [-0.15, -0.1) is 0 Å². The monoisotopic (exact) mass is 790 g/mol. The maximum Gasteiger partial charge on any atom is 0.0541 e. The van der Waals surface area contributed by atoms with Crippen molar-refractivity contribution in [2.45, 2.75) is 0 Å². The van der Waals surface area contributed by atoms with Crippen molar-refractivity contribution in [2.24, 2.45) is 0 Å². The summed E-state index contributed by atoms with van der Waals surface area (Å²) in [6, 6.07) is 92.0. The number of aromatic nitrogens is 1. The van der Waals surface area contributed by atoms with Crippen LogP contribution in [0.15, 0.2) is 255 Å². The molecule has 62 heavy (non-hydrogen) atoms. The molecule has 0 atom stereocenters. The first kappa shape index (κ1) is 36.8. The molecular formula is C60H42N2. The van der Waals surface area contributed by atoms with Gasteiger partial charge in [-0.2, -0.15) is 0 Å². The normalized spacial score (nSPS) is 11.2. The van der Waals surface area contributed by atoms with Gasteiger partial charge in [0.2, 0.25) is 0 Å². The number of fused-ring (bicyclic) bond motifs is 3. The van der Waals surface area contributed by atoms with E-state index in [1.54, 1.807) is 0 Å². The van der Waals surface area contributed by atoms with Crippen molar-refractivity contribution in [2.75, 3.05) is 4.90 Å². The van der Waals surface area contributed by atoms with E-state index in [4.69, 9.17) is 0 Å². The summed E-state index contributed by atoms with van der Waals surface area (Å²) in [4.78, 5) is 2.42. The first-order chi connectivity index (χ1) is 30.8. The van der Waals surface area contributed by atoms with Crippen LogP contribution in [-0.2, 0) is 0 Å². The van der Waals surface area contributed by atoms with Crippen molar-refractivity contribution >= 4 is 38.9 Å². The third kappa shape index (κ3) is 6.74. The molecule has 10 aromatic carbocycles. The zero-order valence-electron chi connectivity index (χ0n) is 34.1. The quantitative estimate of drug-likeness (QED) is 0.141. The molecule has 1 heterocycles. The molecule has 2 nitrogen and oxygen atoms in total. The first-order valence-electron chi connectivity index (χ1n) is 21.3. The summed E-state index contributed by atoms with van der Waals surface area (Å²) in [7, 11) is 0. The Morgan fingerprint density at radius 1 is 0.258 bits per heavy atom. The van der Waals surface area contributed by atoms with E-state index in [-0.39, 0.29) is 0 Å². The van der Waals surface area contributed by atoms with Crippen LogP contribution in [0.25, 0.3) is 83.1 Å². The Morgan fingerprint density at radius 3 is 1.47 bits per heavy atom. The Labute approximate surface area is 362 Å². The fourth-order valence-corrected chi connectivity index (χ4v) is 9.13. The van der Waals surface area contributed by atoms with Gasteiger partial charge in [0.15, 0.2) is 0 Å². The highest BCUT2D eigenvalue weighted by molar-refractivity contribution is 6.10. The average molecular weight is 791 g/mol. The van der Waals surface area contributed by atoms with Gasteiger partial charge in [-0.3, -0.25) is 0 Å². The molecule has 0 N–H and O–H groups in total. The van der Waals surface area contributed by atoms with Crippen LogP contribution < -0.4 is 4.90 Å². The average Bonchev–Trinajstić information content (AvgIpc) is 3.69. The lowest BCUT2D eigenvalue weighted by Crippen LogP contribution is -2.11. The Bertz CT molecular complexity index is 3330. The van der Waals surface area contributed by atoms with Crippen LogP contribution in [-0.4, -0.2) is 4.57 Å². The predicted molar refractivity (Wildman–Crippen MR) is 263 cm³/mol. The van der Waals surface area contributed by atoms with Gasteiger partial charge in [0.25, 0.3) is 0 Å². The van der Waals surface area contributed by atoms with Crippen LogP contribution in [0.3, 0.4) is 0 Å². The number of benzene rings is 10. The minimum absolute atomic E-state index is 1.08. The molecular weight excluding hydrogens is 749 g/mol. The lowest BCUT2D eigenvalue weighted by atomic mass is 9.88. The molecule has 2 heteroatoms. The number of nitrogens with zero attached hydrogens (tertiary/aromatic N) is 2. The summed E-state index contributed by atoms with van der Waals surface area (Å²) < 4.78 is 2.37. The van der Waals surface area contributed by atoms with Crippen molar-refractivity contribution in [3.63, 3.8) is 0 Å². The summed E-state index contributed by atoms with van der Waals surface area (Å²) in [6.45, 7) is 0. The molecule has 1 aromatic heterocycles. The highest BCUT2D eigenvalue weighted by Gasteiger charge is 2.21. The molecule has 0 unspecified atom stereocenters. The lowest BCUT2D eigenvalue weighted by molar-refractivity contribution is 1.18. The standard InChI is InChI=1S/C60H42N2/c1-4-19-43(20-5-1)46-23-18-26-50(41-46)61(58-33-16-14-31-55(58)54-30-13-12-29-53(54)52-28-11-10-27-51(52)45-21-6-2-7-22-45)49-38-35-44(36-39-49)47-37-40-60-57(42-47)56-32-15-17-34-59(56)62(60)48-24-8-3-9-25-48/h1-42H. The highest BCUT2D eigenvalue weighted by atomic mass is 15.1. The van der Waals surface area contributed by atoms with E-state index in [9.17, 15) is 0 Å². The molecule has 0 saturated heterocycles. The third-order valence-corrected chi connectivity index (χ3v) is 12.0. The Balaban J connectivity index is 1.05. The second-order valence-corrected chi connectivity index (χ2v) is 15.7. The molecule has 11 rings (SSSR count). The zero-order valence-corrected chi connectivity index (χ0v) is 34.1. The fourth-order valence-electron chi connectivity index (χ4n) is 9.13. The summed E-state index contributed by atoms with van der Waals surface area (Å²) in [6.07, 6.45) is 0. The fraction of sp³-hybridized carbons (Fsp3) is 0. The van der Waals surface area contributed by atoms with Crippen molar-refractivity contribution < 1.29 is 0 Å². The smallest absolute Gasteiger partial charge is 0.0541 e. The molecule has 0 bridgehead atoms. The van der Waals surface area contributed by atoms with E-state index in [1.807, 2.05) is 0 Å². The summed E-state index contributed by atoms with van der Waals surface area (Å²) in [5.41, 5.74) is 18.7. The summed E-state index contributed by atoms with van der Waals surface area (Å²) in [5, 5.41) is 2.49. The van der Waals surface area contributed by atoms with Crippen LogP contribution in [0.5, 0.6) is 0 Å². The van der Waals surface area contributed by atoms with Gasteiger partial charge in [0.1, 0.15) is 0 Å². The molecule has 292 valence electrons. The molecule has 0 amide bonds. The van der Waals surface area contributed by atoms with E-state index in [0.29, 0.717) is 0 Å². The van der Waals surface area contributed by atoms with E-state index >= 15 is 0 Å². The van der Waals surface area contributed by atoms with Gasteiger partial charge < -0.3 is 9.47 Å². The van der Waals surface area contributed by atoms with Crippen LogP contribution >= 0.6 is 0 Å². The molecule has 0 aliphatic carbocycles. The summed E-state index contributed by atoms with van der Waals surface area (Å²) in [5.74, 6) is 0. The number of anilines is 3. The second kappa shape index (κ2) is 16.1. The Hall–Kier alpha value is -8.20. The minimum Gasteiger partial charge on any atom is -0.310 e. The largest absolute Gasteiger partial charge is 0.310 e. The molecule has 0 fully saturated rings. The van der Waals surface area contributed by atoms with Crippen molar-refractivity contribution in [3.8, 4) is 61.3 Å². The Morgan fingerprint density at radius 2 is 0.742 bits per heavy atom. The number of hydrogen-bond acceptors (Lipinski definition) is 1. The maximum absolute atomic E-state index is 2.42. The van der Waals surface area contributed by atoms with E-state index < -0.39 is 0 Å². The maximum atomic E-state index is 2.42. The van der Waals surface area contributed by atoms with E-state index in [2.05, 4.69) is 264 Å². The van der Waals surface area contributed by atoms with Crippen molar-refractivity contribution in [1.29, 1.82) is 0 Å². The molecule has 0 radical (unpaired) electrons. The third-order valence-electron chi connectivity index (χ3n) is 12.0. The van der Waals surface area contributed by atoms with E-state index in [1.165, 1.54) is 71.9 Å². The van der Waals surface area contributed by atoms with Gasteiger partial charge in [-0.25, -0.2) is 0 Å². The second-order valence-electron chi connectivity index (χ2n) is 15.7. The van der Waals surface area contributed by atoms with Gasteiger partial charge >= 0.3 is 0 Å². The van der Waals surface area contributed by atoms with Crippen LogP contribution in [0.4, 0.5) is 17.1 Å². The predicted octanol–water partition coefficient (Wildman–Crippen LogP) is 16.6. The van der Waals surface area contributed by atoms with Crippen LogP contribution in [0.1, 0.15) is 0 Å². The van der Waals surface area contributed by atoms with Crippen molar-refractivity contribution in [1.82, 2.24) is 4.57 Å². The van der Waals surface area contributed by atoms with Crippen LogP contribution in [0, 0.1) is 0 Å². The number of hydrogen-bond donors (Lipinski definition) is 0. The van der Waals surface area contributed by atoms with Gasteiger partial charge in [-0.1, -0.05) is 194 Å². The SMILES string of the molecule is c1ccc(-c2cccc(N(c3ccc(-c4ccc5c(c4)c4ccccc4n5-c4ccccc4)cc3)c3ccccc3-c3ccccc3-c3ccccc3-c3ccccc3)c2)cc1. The topological polar surface area (TPSA) is 8.17 Å².